The number of urea groups is 1. The van der Waals surface area contributed by atoms with Gasteiger partial charge in [-0.3, -0.25) is 4.79 Å². The zero-order valence-electron chi connectivity index (χ0n) is 14.4. The molecule has 2 heterocycles. The topological polar surface area (TPSA) is 100 Å². The molecule has 9 heteroatoms. The predicted molar refractivity (Wildman–Crippen MR) is 96.1 cm³/mol. The zero-order chi connectivity index (χ0) is 18.5. The highest BCUT2D eigenvalue weighted by Gasteiger charge is 2.20. The molecule has 1 aromatic carbocycles. The van der Waals surface area contributed by atoms with Crippen LogP contribution in [0, 0.1) is 0 Å². The van der Waals surface area contributed by atoms with Gasteiger partial charge in [-0.1, -0.05) is 18.5 Å². The van der Waals surface area contributed by atoms with Gasteiger partial charge in [0.1, 0.15) is 0 Å². The van der Waals surface area contributed by atoms with Crippen molar-refractivity contribution in [1.29, 1.82) is 0 Å². The van der Waals surface area contributed by atoms with E-state index in [1.807, 2.05) is 6.92 Å². The maximum Gasteiger partial charge on any atom is 0.319 e. The Labute approximate surface area is 155 Å². The molecule has 0 unspecified atom stereocenters. The molecule has 0 bridgehead atoms. The Morgan fingerprint density at radius 3 is 2.65 bits per heavy atom. The lowest BCUT2D eigenvalue weighted by Crippen LogP contribution is -2.29. The van der Waals surface area contributed by atoms with Gasteiger partial charge in [-0.05, 0) is 31.0 Å². The highest BCUT2D eigenvalue weighted by molar-refractivity contribution is 6.33. The molecule has 2 N–H and O–H groups in total. The van der Waals surface area contributed by atoms with Crippen molar-refractivity contribution >= 4 is 29.2 Å². The number of hydrogen-bond acceptors (Lipinski definition) is 5. The highest BCUT2D eigenvalue weighted by Crippen LogP contribution is 2.24. The van der Waals surface area contributed by atoms with Crippen molar-refractivity contribution in [1.82, 2.24) is 20.4 Å². The van der Waals surface area contributed by atoms with E-state index in [9.17, 15) is 9.59 Å². The largest absolute Gasteiger partial charge is 0.423 e. The minimum atomic E-state index is -0.478. The van der Waals surface area contributed by atoms with Gasteiger partial charge in [0.2, 0.25) is 11.8 Å². The Morgan fingerprint density at radius 1 is 1.23 bits per heavy atom. The second-order valence-corrected chi connectivity index (χ2v) is 6.35. The third-order valence-corrected chi connectivity index (χ3v) is 4.40. The van der Waals surface area contributed by atoms with E-state index in [1.54, 1.807) is 23.1 Å². The summed E-state index contributed by atoms with van der Waals surface area (Å²) in [4.78, 5) is 26.3. The number of nitrogens with one attached hydrogen (secondary N) is 2. The van der Waals surface area contributed by atoms with Gasteiger partial charge >= 0.3 is 6.03 Å². The SMILES string of the molecule is CCc1nnc(CNC(=O)Nc2cc(C(=O)N3CCCC3)ccc2Cl)o1. The highest BCUT2D eigenvalue weighted by atomic mass is 35.5. The van der Waals surface area contributed by atoms with E-state index in [0.717, 1.165) is 25.9 Å². The number of carbonyl (C=O) groups is 2. The zero-order valence-corrected chi connectivity index (χ0v) is 15.2. The molecular weight excluding hydrogens is 358 g/mol. The van der Waals surface area contributed by atoms with Crippen LogP contribution >= 0.6 is 11.6 Å². The number of aryl methyl sites for hydroxylation is 1. The molecule has 3 rings (SSSR count). The van der Waals surface area contributed by atoms with Crippen LogP contribution in [0.2, 0.25) is 5.02 Å². The number of amides is 3. The molecule has 138 valence electrons. The lowest BCUT2D eigenvalue weighted by molar-refractivity contribution is 0.0793. The first-order valence-electron chi connectivity index (χ1n) is 8.51. The normalized spacial score (nSPS) is 13.7. The fourth-order valence-corrected chi connectivity index (χ4v) is 2.85. The molecular formula is C17H20ClN5O3. The molecule has 0 aliphatic carbocycles. The van der Waals surface area contributed by atoms with E-state index in [2.05, 4.69) is 20.8 Å². The molecule has 2 aromatic rings. The number of hydrogen-bond donors (Lipinski definition) is 2. The summed E-state index contributed by atoms with van der Waals surface area (Å²) in [5, 5.41) is 13.3. The van der Waals surface area contributed by atoms with Gasteiger partial charge in [0.15, 0.2) is 0 Å². The molecule has 0 atom stereocenters. The van der Waals surface area contributed by atoms with Crippen LogP contribution in [0.25, 0.3) is 0 Å². The smallest absolute Gasteiger partial charge is 0.319 e. The van der Waals surface area contributed by atoms with Crippen LogP contribution in [0.1, 0.15) is 41.9 Å². The molecule has 1 fully saturated rings. The molecule has 3 amide bonds. The maximum atomic E-state index is 12.5. The lowest BCUT2D eigenvalue weighted by Gasteiger charge is -2.16. The summed E-state index contributed by atoms with van der Waals surface area (Å²) in [5.74, 6) is 0.778. The van der Waals surface area contributed by atoms with Crippen LogP contribution in [0.5, 0.6) is 0 Å². The van der Waals surface area contributed by atoms with Crippen LogP contribution < -0.4 is 10.6 Å². The van der Waals surface area contributed by atoms with Crippen molar-refractivity contribution < 1.29 is 14.0 Å². The quantitative estimate of drug-likeness (QED) is 0.834. The second-order valence-electron chi connectivity index (χ2n) is 5.94. The second kappa shape index (κ2) is 8.18. The van der Waals surface area contributed by atoms with Gasteiger partial charge in [-0.2, -0.15) is 0 Å². The standard InChI is InChI=1S/C17H20ClN5O3/c1-2-14-21-22-15(26-14)10-19-17(25)20-13-9-11(5-6-12(13)18)16(24)23-7-3-4-8-23/h5-6,9H,2-4,7-8,10H2,1H3,(H2,19,20,25). The molecule has 0 spiro atoms. The minimum absolute atomic E-state index is 0.0550. The molecule has 1 aliphatic heterocycles. The number of likely N-dealkylation sites (tertiary alicyclic amines) is 1. The molecule has 0 radical (unpaired) electrons. The molecule has 1 aliphatic rings. The first-order chi connectivity index (χ1) is 12.6. The summed E-state index contributed by atoms with van der Waals surface area (Å²) in [6.07, 6.45) is 2.66. The third kappa shape index (κ3) is 4.32. The Bertz CT molecular complexity index is 801. The summed E-state index contributed by atoms with van der Waals surface area (Å²) >= 11 is 6.14. The average Bonchev–Trinajstić information content (AvgIpc) is 3.33. The van der Waals surface area contributed by atoms with Gasteiger partial charge in [0.25, 0.3) is 5.91 Å². The molecule has 0 saturated carbocycles. The molecule has 26 heavy (non-hydrogen) atoms. The first kappa shape index (κ1) is 18.2. The molecule has 1 aromatic heterocycles. The van der Waals surface area contributed by atoms with E-state index < -0.39 is 6.03 Å². The van der Waals surface area contributed by atoms with Crippen molar-refractivity contribution in [3.8, 4) is 0 Å². The third-order valence-electron chi connectivity index (χ3n) is 4.07. The van der Waals surface area contributed by atoms with Crippen molar-refractivity contribution in [2.45, 2.75) is 32.7 Å². The summed E-state index contributed by atoms with van der Waals surface area (Å²) < 4.78 is 5.32. The number of nitrogens with zero attached hydrogens (tertiary/aromatic N) is 3. The Balaban J connectivity index is 1.61. The van der Waals surface area contributed by atoms with Gasteiger partial charge in [-0.15, -0.1) is 10.2 Å². The Hall–Kier alpha value is -2.61. The fourth-order valence-electron chi connectivity index (χ4n) is 2.68. The number of benzene rings is 1. The lowest BCUT2D eigenvalue weighted by atomic mass is 10.1. The van der Waals surface area contributed by atoms with Crippen molar-refractivity contribution in [2.24, 2.45) is 0 Å². The number of halogens is 1. The Kier molecular flexibility index (Phi) is 5.72. The van der Waals surface area contributed by atoms with Crippen LogP contribution in [0.3, 0.4) is 0 Å². The van der Waals surface area contributed by atoms with Crippen molar-refractivity contribution in [3.63, 3.8) is 0 Å². The minimum Gasteiger partial charge on any atom is -0.423 e. The number of carbonyl (C=O) groups excluding carboxylic acids is 2. The monoisotopic (exact) mass is 377 g/mol. The van der Waals surface area contributed by atoms with Gasteiger partial charge in [0.05, 0.1) is 17.3 Å². The maximum absolute atomic E-state index is 12.5. The summed E-state index contributed by atoms with van der Waals surface area (Å²) in [6.45, 7) is 3.52. The van der Waals surface area contributed by atoms with E-state index in [-0.39, 0.29) is 12.5 Å². The van der Waals surface area contributed by atoms with Crippen LogP contribution in [0.4, 0.5) is 10.5 Å². The van der Waals surface area contributed by atoms with Crippen LogP contribution in [-0.4, -0.2) is 40.1 Å². The van der Waals surface area contributed by atoms with Crippen molar-refractivity contribution in [2.75, 3.05) is 18.4 Å². The van der Waals surface area contributed by atoms with Crippen LogP contribution in [0.15, 0.2) is 22.6 Å². The fraction of sp³-hybridized carbons (Fsp3) is 0.412. The van der Waals surface area contributed by atoms with Gasteiger partial charge in [-0.25, -0.2) is 4.79 Å². The number of anilines is 1. The summed E-state index contributed by atoms with van der Waals surface area (Å²) in [6, 6.07) is 4.38. The van der Waals surface area contributed by atoms with E-state index in [4.69, 9.17) is 16.0 Å². The van der Waals surface area contributed by atoms with Gasteiger partial charge in [0, 0.05) is 25.1 Å². The number of rotatable bonds is 5. The molecule has 1 saturated heterocycles. The van der Waals surface area contributed by atoms with E-state index >= 15 is 0 Å². The summed E-state index contributed by atoms with van der Waals surface area (Å²) in [5.41, 5.74) is 0.866. The van der Waals surface area contributed by atoms with Crippen molar-refractivity contribution in [3.05, 3.63) is 40.6 Å². The van der Waals surface area contributed by atoms with E-state index in [1.165, 1.54) is 0 Å². The van der Waals surface area contributed by atoms with Crippen LogP contribution in [-0.2, 0) is 13.0 Å². The average molecular weight is 378 g/mol. The first-order valence-corrected chi connectivity index (χ1v) is 8.89. The van der Waals surface area contributed by atoms with Gasteiger partial charge < -0.3 is 20.0 Å². The number of aromatic nitrogens is 2. The predicted octanol–water partition coefficient (Wildman–Crippen LogP) is 2.84. The van der Waals surface area contributed by atoms with E-state index in [0.29, 0.717) is 34.5 Å². The summed E-state index contributed by atoms with van der Waals surface area (Å²) in [7, 11) is 0. The Morgan fingerprint density at radius 2 is 1.96 bits per heavy atom. The molecule has 8 nitrogen and oxygen atoms in total.